The summed E-state index contributed by atoms with van der Waals surface area (Å²) in [6.45, 7) is 0. The Balaban J connectivity index is 2.25. The van der Waals surface area contributed by atoms with E-state index in [4.69, 9.17) is 5.26 Å². The number of hydrogen-bond acceptors (Lipinski definition) is 3. The number of nitrogens with zero attached hydrogens (tertiary/aromatic N) is 1. The molecule has 0 radical (unpaired) electrons. The molecule has 84 valence electrons. The third-order valence-electron chi connectivity index (χ3n) is 2.13. The smallest absolute Gasteiger partial charge is 0.130 e. The van der Waals surface area contributed by atoms with Crippen LogP contribution in [0.2, 0.25) is 0 Å². The molecule has 0 atom stereocenters. The summed E-state index contributed by atoms with van der Waals surface area (Å²) in [4.78, 5) is 1.82. The third-order valence-corrected chi connectivity index (χ3v) is 3.92. The zero-order chi connectivity index (χ0) is 12.3. The van der Waals surface area contributed by atoms with Gasteiger partial charge in [-0.3, -0.25) is 0 Å². The molecular formula is C13H8INOS. The highest BCUT2D eigenvalue weighted by molar-refractivity contribution is 14.1. The molecule has 0 aromatic heterocycles. The predicted molar refractivity (Wildman–Crippen MR) is 76.1 cm³/mol. The summed E-state index contributed by atoms with van der Waals surface area (Å²) >= 11 is 3.73. The van der Waals surface area contributed by atoms with Crippen LogP contribution in [0, 0.1) is 14.9 Å². The molecule has 0 aliphatic carbocycles. The first-order valence-electron chi connectivity index (χ1n) is 4.85. The Hall–Kier alpha value is -1.19. The second-order valence-electron chi connectivity index (χ2n) is 3.35. The van der Waals surface area contributed by atoms with E-state index in [2.05, 4.69) is 22.6 Å². The number of nitriles is 1. The lowest BCUT2D eigenvalue weighted by Crippen LogP contribution is -1.79. The maximum atomic E-state index is 9.76. The number of halogens is 1. The van der Waals surface area contributed by atoms with Crippen LogP contribution >= 0.6 is 34.4 Å². The largest absolute Gasteiger partial charge is 0.507 e. The van der Waals surface area contributed by atoms with Crippen molar-refractivity contribution >= 4 is 34.4 Å². The van der Waals surface area contributed by atoms with E-state index in [0.29, 0.717) is 5.56 Å². The maximum absolute atomic E-state index is 9.76. The van der Waals surface area contributed by atoms with E-state index < -0.39 is 0 Å². The lowest BCUT2D eigenvalue weighted by molar-refractivity contribution is 0.462. The molecule has 1 N–H and O–H groups in total. The third kappa shape index (κ3) is 3.14. The molecule has 0 amide bonds. The zero-order valence-corrected chi connectivity index (χ0v) is 11.7. The van der Waals surface area contributed by atoms with Gasteiger partial charge in [0.1, 0.15) is 5.75 Å². The van der Waals surface area contributed by atoms with Gasteiger partial charge in [-0.05, 0) is 65.1 Å². The molecule has 2 nitrogen and oxygen atoms in total. The van der Waals surface area contributed by atoms with E-state index >= 15 is 0 Å². The minimum atomic E-state index is 0.146. The lowest BCUT2D eigenvalue weighted by Gasteiger charge is -2.04. The van der Waals surface area contributed by atoms with Gasteiger partial charge in [-0.25, -0.2) is 0 Å². The summed E-state index contributed by atoms with van der Waals surface area (Å²) in [6, 6.07) is 15.0. The van der Waals surface area contributed by atoms with E-state index in [9.17, 15) is 5.11 Å². The summed E-state index contributed by atoms with van der Waals surface area (Å²) in [7, 11) is 0. The van der Waals surface area contributed by atoms with Crippen molar-refractivity contribution in [3.8, 4) is 11.8 Å². The van der Waals surface area contributed by atoms with Gasteiger partial charge in [-0.2, -0.15) is 5.26 Å². The topological polar surface area (TPSA) is 44.0 Å². The molecule has 0 fully saturated rings. The maximum Gasteiger partial charge on any atom is 0.130 e. The van der Waals surface area contributed by atoms with Crippen LogP contribution < -0.4 is 0 Å². The van der Waals surface area contributed by atoms with Gasteiger partial charge in [-0.1, -0.05) is 11.8 Å². The Morgan fingerprint density at radius 1 is 1.12 bits per heavy atom. The molecule has 0 saturated heterocycles. The van der Waals surface area contributed by atoms with Crippen molar-refractivity contribution in [2.75, 3.05) is 0 Å². The van der Waals surface area contributed by atoms with Gasteiger partial charge in [0.05, 0.1) is 16.5 Å². The van der Waals surface area contributed by atoms with Gasteiger partial charge in [0, 0.05) is 8.47 Å². The first-order valence-corrected chi connectivity index (χ1v) is 6.75. The molecule has 2 aromatic rings. The van der Waals surface area contributed by atoms with Crippen LogP contribution in [0.5, 0.6) is 5.75 Å². The van der Waals surface area contributed by atoms with Gasteiger partial charge < -0.3 is 5.11 Å². The van der Waals surface area contributed by atoms with Crippen molar-refractivity contribution in [2.24, 2.45) is 0 Å². The minimum absolute atomic E-state index is 0.146. The molecule has 4 heteroatoms. The van der Waals surface area contributed by atoms with Crippen LogP contribution in [0.25, 0.3) is 0 Å². The first kappa shape index (κ1) is 12.3. The standard InChI is InChI=1S/C13H8INOS/c14-10-2-4-11(5-3-10)17-13-6-1-9(8-15)7-12(13)16/h1-7,16H. The number of phenolic OH excluding ortho intramolecular Hbond substituents is 1. The zero-order valence-electron chi connectivity index (χ0n) is 8.72. The van der Waals surface area contributed by atoms with E-state index in [1.54, 1.807) is 12.1 Å². The van der Waals surface area contributed by atoms with E-state index in [0.717, 1.165) is 9.79 Å². The number of hydrogen-bond donors (Lipinski definition) is 1. The number of benzene rings is 2. The van der Waals surface area contributed by atoms with Gasteiger partial charge >= 0.3 is 0 Å². The fourth-order valence-corrected chi connectivity index (χ4v) is 2.49. The van der Waals surface area contributed by atoms with Gasteiger partial charge in [0.25, 0.3) is 0 Å². The fraction of sp³-hybridized carbons (Fsp3) is 0. The molecular weight excluding hydrogens is 345 g/mol. The van der Waals surface area contributed by atoms with Crippen LogP contribution in [-0.4, -0.2) is 5.11 Å². The van der Waals surface area contributed by atoms with Crippen molar-refractivity contribution in [1.29, 1.82) is 5.26 Å². The number of phenols is 1. The van der Waals surface area contributed by atoms with Gasteiger partial charge in [0.15, 0.2) is 0 Å². The summed E-state index contributed by atoms with van der Waals surface area (Å²) < 4.78 is 1.18. The Labute approximate surface area is 117 Å². The Bertz CT molecular complexity index is 575. The molecule has 17 heavy (non-hydrogen) atoms. The monoisotopic (exact) mass is 353 g/mol. The molecule has 2 rings (SSSR count). The quantitative estimate of drug-likeness (QED) is 0.830. The van der Waals surface area contributed by atoms with E-state index in [-0.39, 0.29) is 5.75 Å². The Morgan fingerprint density at radius 3 is 2.41 bits per heavy atom. The van der Waals surface area contributed by atoms with E-state index in [1.807, 2.05) is 30.3 Å². The van der Waals surface area contributed by atoms with Crippen molar-refractivity contribution in [3.63, 3.8) is 0 Å². The SMILES string of the molecule is N#Cc1ccc(Sc2ccc(I)cc2)c(O)c1. The average Bonchev–Trinajstić information content (AvgIpc) is 2.34. The molecule has 0 aliphatic rings. The highest BCUT2D eigenvalue weighted by atomic mass is 127. The molecule has 0 unspecified atom stereocenters. The van der Waals surface area contributed by atoms with Crippen LogP contribution in [0.3, 0.4) is 0 Å². The molecule has 0 bridgehead atoms. The summed E-state index contributed by atoms with van der Waals surface area (Å²) in [5.74, 6) is 0.146. The summed E-state index contributed by atoms with van der Waals surface area (Å²) in [5, 5.41) is 18.5. The normalized spacial score (nSPS) is 9.88. The average molecular weight is 353 g/mol. The number of rotatable bonds is 2. The van der Waals surface area contributed by atoms with Gasteiger partial charge in [0.2, 0.25) is 0 Å². The highest BCUT2D eigenvalue weighted by Crippen LogP contribution is 2.34. The summed E-state index contributed by atoms with van der Waals surface area (Å²) in [6.07, 6.45) is 0. The molecule has 2 aromatic carbocycles. The minimum Gasteiger partial charge on any atom is -0.507 e. The lowest BCUT2D eigenvalue weighted by atomic mass is 10.2. The van der Waals surface area contributed by atoms with Crippen LogP contribution in [0.15, 0.2) is 52.3 Å². The molecule has 0 aliphatic heterocycles. The Morgan fingerprint density at radius 2 is 1.82 bits per heavy atom. The van der Waals surface area contributed by atoms with Crippen molar-refractivity contribution < 1.29 is 5.11 Å². The second kappa shape index (κ2) is 5.43. The van der Waals surface area contributed by atoms with Crippen LogP contribution in [-0.2, 0) is 0 Å². The van der Waals surface area contributed by atoms with Gasteiger partial charge in [-0.15, -0.1) is 0 Å². The molecule has 0 spiro atoms. The van der Waals surface area contributed by atoms with Crippen molar-refractivity contribution in [2.45, 2.75) is 9.79 Å². The van der Waals surface area contributed by atoms with Crippen molar-refractivity contribution in [1.82, 2.24) is 0 Å². The summed E-state index contributed by atoms with van der Waals surface area (Å²) in [5.41, 5.74) is 0.467. The molecule has 0 heterocycles. The van der Waals surface area contributed by atoms with Crippen LogP contribution in [0.1, 0.15) is 5.56 Å². The predicted octanol–water partition coefficient (Wildman–Crippen LogP) is 4.02. The first-order chi connectivity index (χ1) is 8.19. The Kier molecular flexibility index (Phi) is 3.92. The van der Waals surface area contributed by atoms with Crippen LogP contribution in [0.4, 0.5) is 0 Å². The van der Waals surface area contributed by atoms with E-state index in [1.165, 1.54) is 21.4 Å². The second-order valence-corrected chi connectivity index (χ2v) is 5.71. The fourth-order valence-electron chi connectivity index (χ4n) is 1.30. The number of aromatic hydroxyl groups is 1. The highest BCUT2D eigenvalue weighted by Gasteiger charge is 2.04. The molecule has 0 saturated carbocycles. The van der Waals surface area contributed by atoms with Crippen molar-refractivity contribution in [3.05, 3.63) is 51.6 Å².